The minimum atomic E-state index is -0.661. The van der Waals surface area contributed by atoms with Crippen LogP contribution in [-0.4, -0.2) is 60.1 Å². The molecule has 7 nitrogen and oxygen atoms in total. The second-order valence-electron chi connectivity index (χ2n) is 7.83. The van der Waals surface area contributed by atoms with Crippen LogP contribution < -0.4 is 11.5 Å². The molecule has 1 aliphatic rings. The normalized spacial score (nSPS) is 16.3. The molecule has 3 aromatic rings. The van der Waals surface area contributed by atoms with Crippen LogP contribution in [0.1, 0.15) is 11.3 Å². The lowest BCUT2D eigenvalue weighted by Crippen LogP contribution is -2.43. The molecular weight excluding hydrogens is 402 g/mol. The highest BCUT2D eigenvalue weighted by molar-refractivity contribution is 5.86. The van der Waals surface area contributed by atoms with E-state index >= 15 is 0 Å². The molecule has 30 heavy (non-hydrogen) atoms. The van der Waals surface area contributed by atoms with Gasteiger partial charge in [0, 0.05) is 38.1 Å². The van der Waals surface area contributed by atoms with E-state index in [0.29, 0.717) is 6.42 Å². The molecule has 0 spiro atoms. The molecule has 8 heteroatoms. The number of amides is 1. The summed E-state index contributed by atoms with van der Waals surface area (Å²) in [5.74, 6) is -0.486. The Kier molecular flexibility index (Phi) is 7.10. The zero-order chi connectivity index (χ0) is 20.4. The Morgan fingerprint density at radius 2 is 1.77 bits per heavy atom. The first kappa shape index (κ1) is 22.2. The maximum Gasteiger partial charge on any atom is 0.234 e. The van der Waals surface area contributed by atoms with Crippen molar-refractivity contribution >= 4 is 29.3 Å². The number of benzene rings is 2. The third-order valence-electron chi connectivity index (χ3n) is 5.62. The summed E-state index contributed by atoms with van der Waals surface area (Å²) < 4.78 is 5.54. The first-order valence-corrected chi connectivity index (χ1v) is 9.93. The van der Waals surface area contributed by atoms with Crippen LogP contribution in [0, 0.1) is 0 Å². The van der Waals surface area contributed by atoms with Gasteiger partial charge in [0.25, 0.3) is 0 Å². The Labute approximate surface area is 182 Å². The number of aromatic nitrogens is 1. The Morgan fingerprint density at radius 3 is 2.43 bits per heavy atom. The number of carbonyl (C=O) groups is 1. The molecule has 2 heterocycles. The van der Waals surface area contributed by atoms with Crippen LogP contribution in [-0.2, 0) is 17.8 Å². The Balaban J connectivity index is 0.00000256. The highest BCUT2D eigenvalue weighted by Gasteiger charge is 2.18. The number of halogens is 1. The summed E-state index contributed by atoms with van der Waals surface area (Å²) in [6, 6.07) is 13.5. The third kappa shape index (κ3) is 4.99. The van der Waals surface area contributed by atoms with Crippen LogP contribution in [0.25, 0.3) is 22.1 Å². The molecular formula is C22H28ClN5O2. The van der Waals surface area contributed by atoms with E-state index in [1.54, 1.807) is 0 Å². The molecule has 160 valence electrons. The van der Waals surface area contributed by atoms with Crippen LogP contribution >= 0.6 is 12.4 Å². The number of nitrogens with zero attached hydrogens (tertiary/aromatic N) is 3. The number of rotatable bonds is 6. The van der Waals surface area contributed by atoms with E-state index in [1.165, 1.54) is 0 Å². The molecule has 1 amide bonds. The molecule has 0 radical (unpaired) electrons. The number of primary amides is 1. The first-order valence-electron chi connectivity index (χ1n) is 9.93. The predicted octanol–water partition coefficient (Wildman–Crippen LogP) is 2.02. The molecule has 2 aromatic carbocycles. The minimum absolute atomic E-state index is 0. The molecule has 1 saturated heterocycles. The van der Waals surface area contributed by atoms with Gasteiger partial charge in [-0.2, -0.15) is 0 Å². The number of hydrogen-bond donors (Lipinski definition) is 2. The van der Waals surface area contributed by atoms with Crippen LogP contribution in [0.2, 0.25) is 0 Å². The Hall–Kier alpha value is -2.45. The molecule has 1 atom stereocenters. The first-order chi connectivity index (χ1) is 14.0. The smallest absolute Gasteiger partial charge is 0.234 e. The van der Waals surface area contributed by atoms with Crippen LogP contribution in [0.5, 0.6) is 0 Å². The highest BCUT2D eigenvalue weighted by Crippen LogP contribution is 2.28. The second kappa shape index (κ2) is 9.57. The van der Waals surface area contributed by atoms with Crippen molar-refractivity contribution in [2.75, 3.05) is 33.2 Å². The van der Waals surface area contributed by atoms with Gasteiger partial charge in [-0.1, -0.05) is 35.5 Å². The maximum atomic E-state index is 11.2. The molecule has 4 rings (SSSR count). The summed E-state index contributed by atoms with van der Waals surface area (Å²) in [5, 5.41) is 5.38. The lowest BCUT2D eigenvalue weighted by atomic mass is 9.99. The summed E-state index contributed by atoms with van der Waals surface area (Å²) in [7, 11) is 2.15. The third-order valence-corrected chi connectivity index (χ3v) is 5.62. The van der Waals surface area contributed by atoms with Crippen molar-refractivity contribution in [3.63, 3.8) is 0 Å². The van der Waals surface area contributed by atoms with Gasteiger partial charge in [0.05, 0.1) is 6.04 Å². The molecule has 1 fully saturated rings. The standard InChI is InChI=1S/C22H27N5O2.ClH/c1-26-8-10-27(11-9-26)14-20-18-13-17(6-7-21(18)29-25-20)16-4-2-15(3-5-16)12-19(23)22(24)28;/h2-7,13,19H,8-12,14,23H2,1H3,(H2,24,28);1H/t19-;/m0./s1. The van der Waals surface area contributed by atoms with Crippen molar-refractivity contribution in [3.8, 4) is 11.1 Å². The average molecular weight is 430 g/mol. The summed E-state index contributed by atoms with van der Waals surface area (Å²) in [6.45, 7) is 5.03. The second-order valence-corrected chi connectivity index (χ2v) is 7.83. The van der Waals surface area contributed by atoms with Crippen molar-refractivity contribution in [1.29, 1.82) is 0 Å². The average Bonchev–Trinajstić information content (AvgIpc) is 3.12. The summed E-state index contributed by atoms with van der Waals surface area (Å²) >= 11 is 0. The van der Waals surface area contributed by atoms with Crippen molar-refractivity contribution in [2.24, 2.45) is 11.5 Å². The molecule has 0 bridgehead atoms. The van der Waals surface area contributed by atoms with Gasteiger partial charge in [0.2, 0.25) is 5.91 Å². The maximum absolute atomic E-state index is 11.2. The van der Waals surface area contributed by atoms with Gasteiger partial charge in [-0.05, 0) is 42.3 Å². The number of carbonyl (C=O) groups excluding carboxylic acids is 1. The van der Waals surface area contributed by atoms with Gasteiger partial charge in [-0.3, -0.25) is 9.69 Å². The molecule has 4 N–H and O–H groups in total. The minimum Gasteiger partial charge on any atom is -0.368 e. The van der Waals surface area contributed by atoms with Gasteiger partial charge in [-0.15, -0.1) is 12.4 Å². The van der Waals surface area contributed by atoms with Crippen LogP contribution in [0.4, 0.5) is 0 Å². The van der Waals surface area contributed by atoms with E-state index in [1.807, 2.05) is 36.4 Å². The summed E-state index contributed by atoms with van der Waals surface area (Å²) in [4.78, 5) is 15.9. The largest absolute Gasteiger partial charge is 0.368 e. The highest BCUT2D eigenvalue weighted by atomic mass is 35.5. The lowest BCUT2D eigenvalue weighted by Gasteiger charge is -2.31. The van der Waals surface area contributed by atoms with E-state index in [9.17, 15) is 4.79 Å². The monoisotopic (exact) mass is 429 g/mol. The van der Waals surface area contributed by atoms with Crippen LogP contribution in [0.3, 0.4) is 0 Å². The van der Waals surface area contributed by atoms with Gasteiger partial charge >= 0.3 is 0 Å². The quantitative estimate of drug-likeness (QED) is 0.621. The van der Waals surface area contributed by atoms with Gasteiger partial charge < -0.3 is 20.9 Å². The Morgan fingerprint density at radius 1 is 1.10 bits per heavy atom. The van der Waals surface area contributed by atoms with Gasteiger partial charge in [-0.25, -0.2) is 0 Å². The number of hydrogen-bond acceptors (Lipinski definition) is 6. The fraction of sp³-hybridized carbons (Fsp3) is 0.364. The van der Waals surface area contributed by atoms with E-state index in [0.717, 1.165) is 66.1 Å². The van der Waals surface area contributed by atoms with Crippen molar-refractivity contribution < 1.29 is 9.32 Å². The number of fused-ring (bicyclic) bond motifs is 1. The fourth-order valence-corrected chi connectivity index (χ4v) is 3.69. The molecule has 1 aromatic heterocycles. The fourth-order valence-electron chi connectivity index (χ4n) is 3.69. The van der Waals surface area contributed by atoms with E-state index in [2.05, 4.69) is 28.1 Å². The van der Waals surface area contributed by atoms with Crippen molar-refractivity contribution in [3.05, 3.63) is 53.7 Å². The zero-order valence-corrected chi connectivity index (χ0v) is 17.9. The van der Waals surface area contributed by atoms with E-state index < -0.39 is 11.9 Å². The molecule has 0 unspecified atom stereocenters. The molecule has 0 saturated carbocycles. The summed E-state index contributed by atoms with van der Waals surface area (Å²) in [6.07, 6.45) is 0.440. The lowest BCUT2D eigenvalue weighted by molar-refractivity contribution is -0.119. The van der Waals surface area contributed by atoms with Crippen molar-refractivity contribution in [1.82, 2.24) is 15.0 Å². The Bertz CT molecular complexity index is 996. The molecule has 0 aliphatic carbocycles. The topological polar surface area (TPSA) is 102 Å². The zero-order valence-electron chi connectivity index (χ0n) is 17.1. The van der Waals surface area contributed by atoms with Gasteiger partial charge in [0.1, 0.15) is 5.69 Å². The number of nitrogens with two attached hydrogens (primary N) is 2. The van der Waals surface area contributed by atoms with E-state index in [4.69, 9.17) is 16.0 Å². The predicted molar refractivity (Wildman–Crippen MR) is 120 cm³/mol. The number of piperazine rings is 1. The SMILES string of the molecule is CN1CCN(Cc2noc3ccc(-c4ccc(C[C@H](N)C(N)=O)cc4)cc23)CC1.Cl. The summed E-state index contributed by atoms with van der Waals surface area (Å²) in [5.41, 5.74) is 16.0. The number of likely N-dealkylation sites (N-methyl/N-ethyl adjacent to an activating group) is 1. The van der Waals surface area contributed by atoms with E-state index in [-0.39, 0.29) is 12.4 Å². The van der Waals surface area contributed by atoms with Gasteiger partial charge in [0.15, 0.2) is 5.58 Å². The molecule has 1 aliphatic heterocycles. The van der Waals surface area contributed by atoms with Crippen LogP contribution in [0.15, 0.2) is 47.0 Å². The van der Waals surface area contributed by atoms with Crippen molar-refractivity contribution in [2.45, 2.75) is 19.0 Å².